The van der Waals surface area contributed by atoms with Crippen molar-refractivity contribution in [3.63, 3.8) is 0 Å². The fraction of sp³-hybridized carbons (Fsp3) is 0.600. The standard InChI is InChI=1S/C15H23N5O2/c21-12-11-19-9-7-18(8-10-19)6-3-13-22-20-15-5-2-1-4-14(15)16-17-20/h1-2,4-5,21H,3,6-13H2. The third-order valence-electron chi connectivity index (χ3n) is 4.03. The van der Waals surface area contributed by atoms with Crippen molar-refractivity contribution >= 4 is 11.0 Å². The first-order chi connectivity index (χ1) is 10.9. The molecule has 0 radical (unpaired) electrons. The van der Waals surface area contributed by atoms with Crippen molar-refractivity contribution in [1.29, 1.82) is 0 Å². The van der Waals surface area contributed by atoms with Gasteiger partial charge >= 0.3 is 0 Å². The predicted molar refractivity (Wildman–Crippen MR) is 83.6 cm³/mol. The van der Waals surface area contributed by atoms with Gasteiger partial charge in [-0.25, -0.2) is 0 Å². The molecule has 1 aromatic carbocycles. The van der Waals surface area contributed by atoms with Crippen LogP contribution in [0.2, 0.25) is 0 Å². The molecule has 0 unspecified atom stereocenters. The molecule has 0 amide bonds. The fourth-order valence-corrected chi connectivity index (χ4v) is 2.76. The topological polar surface area (TPSA) is 66.7 Å². The molecule has 1 N–H and O–H groups in total. The Balaban J connectivity index is 1.37. The number of para-hydroxylation sites is 1. The van der Waals surface area contributed by atoms with Gasteiger partial charge in [0.25, 0.3) is 0 Å². The van der Waals surface area contributed by atoms with Gasteiger partial charge in [-0.05, 0) is 23.8 Å². The Morgan fingerprint density at radius 1 is 1.05 bits per heavy atom. The van der Waals surface area contributed by atoms with Crippen LogP contribution in [0.5, 0.6) is 0 Å². The number of rotatable bonds is 7. The minimum atomic E-state index is 0.250. The highest BCUT2D eigenvalue weighted by atomic mass is 16.7. The Hall–Kier alpha value is -1.70. The molecule has 3 rings (SSSR count). The SMILES string of the molecule is OCCN1CCN(CCCOn2nnc3ccccc32)CC1. The maximum absolute atomic E-state index is 8.94. The molecule has 0 spiro atoms. The van der Waals surface area contributed by atoms with Crippen LogP contribution in [0.1, 0.15) is 6.42 Å². The van der Waals surface area contributed by atoms with E-state index in [-0.39, 0.29) is 6.61 Å². The lowest BCUT2D eigenvalue weighted by Crippen LogP contribution is -2.47. The highest BCUT2D eigenvalue weighted by Gasteiger charge is 2.15. The molecule has 0 aliphatic carbocycles. The molecule has 120 valence electrons. The zero-order valence-corrected chi connectivity index (χ0v) is 12.8. The largest absolute Gasteiger partial charge is 0.395 e. The van der Waals surface area contributed by atoms with Crippen molar-refractivity contribution < 1.29 is 9.94 Å². The van der Waals surface area contributed by atoms with Crippen LogP contribution in [0, 0.1) is 0 Å². The smallest absolute Gasteiger partial charge is 0.130 e. The third-order valence-corrected chi connectivity index (χ3v) is 4.03. The van der Waals surface area contributed by atoms with Crippen molar-refractivity contribution in [2.75, 3.05) is 52.5 Å². The van der Waals surface area contributed by atoms with E-state index in [1.807, 2.05) is 24.3 Å². The summed E-state index contributed by atoms with van der Waals surface area (Å²) in [5.41, 5.74) is 1.75. The van der Waals surface area contributed by atoms with Crippen molar-refractivity contribution in [1.82, 2.24) is 25.0 Å². The van der Waals surface area contributed by atoms with E-state index in [2.05, 4.69) is 20.1 Å². The average Bonchev–Trinajstić information content (AvgIpc) is 2.97. The molecule has 1 saturated heterocycles. The number of piperazine rings is 1. The van der Waals surface area contributed by atoms with Crippen molar-refractivity contribution in [2.45, 2.75) is 6.42 Å². The summed E-state index contributed by atoms with van der Waals surface area (Å²) in [5.74, 6) is 0. The molecule has 1 aromatic heterocycles. The highest BCUT2D eigenvalue weighted by molar-refractivity contribution is 5.73. The van der Waals surface area contributed by atoms with E-state index in [0.29, 0.717) is 6.61 Å². The average molecular weight is 305 g/mol. The van der Waals surface area contributed by atoms with E-state index in [1.54, 1.807) is 0 Å². The summed E-state index contributed by atoms with van der Waals surface area (Å²) in [5, 5.41) is 17.0. The molecule has 1 aliphatic rings. The monoisotopic (exact) mass is 305 g/mol. The number of nitrogens with zero attached hydrogens (tertiary/aromatic N) is 5. The van der Waals surface area contributed by atoms with Crippen LogP contribution in [0.4, 0.5) is 0 Å². The van der Waals surface area contributed by atoms with Crippen LogP contribution in [-0.4, -0.2) is 82.5 Å². The predicted octanol–water partition coefficient (Wildman–Crippen LogP) is -0.140. The van der Waals surface area contributed by atoms with Gasteiger partial charge in [0.1, 0.15) is 17.6 Å². The Bertz CT molecular complexity index is 580. The lowest BCUT2D eigenvalue weighted by Gasteiger charge is -2.34. The summed E-state index contributed by atoms with van der Waals surface area (Å²) in [4.78, 5) is 11.9. The van der Waals surface area contributed by atoms with E-state index >= 15 is 0 Å². The molecule has 1 aliphatic heterocycles. The van der Waals surface area contributed by atoms with E-state index < -0.39 is 0 Å². The van der Waals surface area contributed by atoms with E-state index in [0.717, 1.165) is 56.7 Å². The number of hydrogen-bond acceptors (Lipinski definition) is 6. The van der Waals surface area contributed by atoms with Crippen molar-refractivity contribution in [3.8, 4) is 0 Å². The zero-order valence-electron chi connectivity index (χ0n) is 12.8. The number of benzene rings is 1. The molecular weight excluding hydrogens is 282 g/mol. The number of aliphatic hydroxyl groups is 1. The molecule has 1 fully saturated rings. The maximum atomic E-state index is 8.94. The second kappa shape index (κ2) is 7.53. The van der Waals surface area contributed by atoms with Crippen molar-refractivity contribution in [2.24, 2.45) is 0 Å². The Morgan fingerprint density at radius 3 is 2.55 bits per heavy atom. The molecule has 0 saturated carbocycles. The Morgan fingerprint density at radius 2 is 1.77 bits per heavy atom. The van der Waals surface area contributed by atoms with Crippen LogP contribution in [0.25, 0.3) is 11.0 Å². The van der Waals surface area contributed by atoms with Gasteiger partial charge in [0, 0.05) is 39.3 Å². The van der Waals surface area contributed by atoms with Crippen LogP contribution in [0.3, 0.4) is 0 Å². The number of β-amino-alcohol motifs (C(OH)–C–C–N with tert-alkyl or cyclic N) is 1. The Labute approximate surface area is 130 Å². The van der Waals surface area contributed by atoms with Crippen LogP contribution < -0.4 is 4.84 Å². The summed E-state index contributed by atoms with van der Waals surface area (Å²) < 4.78 is 0. The van der Waals surface area contributed by atoms with Gasteiger partial charge in [0.05, 0.1) is 6.61 Å². The van der Waals surface area contributed by atoms with Crippen LogP contribution in [0.15, 0.2) is 24.3 Å². The Kier molecular flexibility index (Phi) is 5.20. The third kappa shape index (κ3) is 3.73. The molecule has 2 heterocycles. The van der Waals surface area contributed by atoms with Gasteiger partial charge in [-0.1, -0.05) is 17.0 Å². The second-order valence-corrected chi connectivity index (χ2v) is 5.54. The quantitative estimate of drug-likeness (QED) is 0.718. The summed E-state index contributed by atoms with van der Waals surface area (Å²) in [6.07, 6.45) is 0.966. The van der Waals surface area contributed by atoms with E-state index in [9.17, 15) is 0 Å². The molecule has 0 bridgehead atoms. The fourth-order valence-electron chi connectivity index (χ4n) is 2.76. The lowest BCUT2D eigenvalue weighted by atomic mass is 10.3. The van der Waals surface area contributed by atoms with Crippen molar-refractivity contribution in [3.05, 3.63) is 24.3 Å². The number of fused-ring (bicyclic) bond motifs is 1. The summed E-state index contributed by atoms with van der Waals surface area (Å²) in [7, 11) is 0. The second-order valence-electron chi connectivity index (χ2n) is 5.54. The van der Waals surface area contributed by atoms with Crippen LogP contribution >= 0.6 is 0 Å². The van der Waals surface area contributed by atoms with Gasteiger partial charge < -0.3 is 14.8 Å². The van der Waals surface area contributed by atoms with Crippen LogP contribution in [-0.2, 0) is 0 Å². The number of aliphatic hydroxyl groups excluding tert-OH is 1. The molecule has 2 aromatic rings. The van der Waals surface area contributed by atoms with Gasteiger partial charge in [0.2, 0.25) is 0 Å². The molecule has 7 heteroatoms. The summed E-state index contributed by atoms with van der Waals surface area (Å²) in [6.45, 7) is 6.89. The van der Waals surface area contributed by atoms with Gasteiger partial charge in [-0.2, -0.15) is 0 Å². The van der Waals surface area contributed by atoms with Gasteiger partial charge in [-0.3, -0.25) is 4.90 Å². The van der Waals surface area contributed by atoms with Gasteiger partial charge in [-0.15, -0.1) is 5.10 Å². The minimum Gasteiger partial charge on any atom is -0.395 e. The first kappa shape index (κ1) is 15.2. The summed E-state index contributed by atoms with van der Waals surface area (Å²) >= 11 is 0. The number of aromatic nitrogens is 3. The van der Waals surface area contributed by atoms with E-state index in [4.69, 9.17) is 9.94 Å². The molecule has 0 atom stereocenters. The molecule has 7 nitrogen and oxygen atoms in total. The minimum absolute atomic E-state index is 0.250. The maximum Gasteiger partial charge on any atom is 0.130 e. The lowest BCUT2D eigenvalue weighted by molar-refractivity contribution is 0.0690. The highest BCUT2D eigenvalue weighted by Crippen LogP contribution is 2.08. The molecule has 22 heavy (non-hydrogen) atoms. The first-order valence-corrected chi connectivity index (χ1v) is 7.86. The normalized spacial score (nSPS) is 17.1. The molecular formula is C15H23N5O2. The zero-order chi connectivity index (χ0) is 15.2. The van der Waals surface area contributed by atoms with Gasteiger partial charge in [0.15, 0.2) is 0 Å². The number of hydrogen-bond donors (Lipinski definition) is 1. The first-order valence-electron chi connectivity index (χ1n) is 7.86. The summed E-state index contributed by atoms with van der Waals surface area (Å²) in [6, 6.07) is 7.78. The van der Waals surface area contributed by atoms with E-state index in [1.165, 1.54) is 4.85 Å².